The van der Waals surface area contributed by atoms with E-state index >= 15 is 0 Å². The van der Waals surface area contributed by atoms with Crippen LogP contribution in [-0.2, 0) is 0 Å². The monoisotopic (exact) mass is 374 g/mol. The van der Waals surface area contributed by atoms with Crippen LogP contribution < -0.4 is 5.32 Å². The molecule has 0 atom stereocenters. The molecule has 1 fully saturated rings. The van der Waals surface area contributed by atoms with Gasteiger partial charge in [-0.2, -0.15) is 0 Å². The van der Waals surface area contributed by atoms with Crippen LogP contribution in [0.15, 0.2) is 41.1 Å². The van der Waals surface area contributed by atoms with E-state index in [0.717, 1.165) is 36.1 Å². The quantitative estimate of drug-likeness (QED) is 0.885. The second-order valence-corrected chi connectivity index (χ2v) is 6.73. The Hall–Kier alpha value is -1.95. The molecule has 23 heavy (non-hydrogen) atoms. The molecule has 2 heterocycles. The van der Waals surface area contributed by atoms with Crippen molar-refractivity contribution < 1.29 is 4.79 Å². The minimum Gasteiger partial charge on any atom is -0.339 e. The van der Waals surface area contributed by atoms with Crippen LogP contribution in [0.1, 0.15) is 30.1 Å². The third kappa shape index (κ3) is 3.88. The van der Waals surface area contributed by atoms with Crippen molar-refractivity contribution in [3.63, 3.8) is 0 Å². The van der Waals surface area contributed by atoms with Crippen LogP contribution in [0.5, 0.6) is 0 Å². The van der Waals surface area contributed by atoms with Crippen LogP contribution >= 0.6 is 15.9 Å². The molecular weight excluding hydrogens is 356 g/mol. The number of aromatic nitrogens is 2. The van der Waals surface area contributed by atoms with Crippen molar-refractivity contribution in [3.8, 4) is 0 Å². The van der Waals surface area contributed by atoms with Crippen LogP contribution in [-0.4, -0.2) is 33.9 Å². The third-order valence-electron chi connectivity index (χ3n) is 4.09. The Balaban J connectivity index is 1.67. The highest BCUT2D eigenvalue weighted by Gasteiger charge is 2.21. The number of hydrogen-bond donors (Lipinski definition) is 1. The fraction of sp³-hybridized carbons (Fsp3) is 0.353. The summed E-state index contributed by atoms with van der Waals surface area (Å²) in [6.45, 7) is 3.86. The zero-order valence-corrected chi connectivity index (χ0v) is 14.6. The minimum atomic E-state index is 0.0179. The number of carbonyl (C=O) groups is 1. The topological polar surface area (TPSA) is 58.1 Å². The van der Waals surface area contributed by atoms with E-state index in [1.54, 1.807) is 12.4 Å². The Morgan fingerprint density at radius 1 is 1.22 bits per heavy atom. The standard InChI is InChI=1S/C17H19BrN4O/c1-12-6-8-22(9-7-12)16(23)13-10-19-17(20-11-13)21-15-5-3-2-4-14(15)18/h2-5,10-12H,6-9H2,1H3,(H,19,20,21). The molecular formula is C17H19BrN4O. The Labute approximate surface area is 144 Å². The fourth-order valence-electron chi connectivity index (χ4n) is 2.58. The van der Waals surface area contributed by atoms with E-state index in [-0.39, 0.29) is 5.91 Å². The summed E-state index contributed by atoms with van der Waals surface area (Å²) >= 11 is 3.47. The summed E-state index contributed by atoms with van der Waals surface area (Å²) in [5.41, 5.74) is 1.42. The number of rotatable bonds is 3. The van der Waals surface area contributed by atoms with Gasteiger partial charge < -0.3 is 10.2 Å². The SMILES string of the molecule is CC1CCN(C(=O)c2cnc(Nc3ccccc3Br)nc2)CC1. The summed E-state index contributed by atoms with van der Waals surface area (Å²) in [7, 11) is 0. The van der Waals surface area contributed by atoms with Crippen molar-refractivity contribution in [2.75, 3.05) is 18.4 Å². The van der Waals surface area contributed by atoms with Gasteiger partial charge in [-0.25, -0.2) is 9.97 Å². The largest absolute Gasteiger partial charge is 0.339 e. The normalized spacial score (nSPS) is 15.5. The van der Waals surface area contributed by atoms with Crippen molar-refractivity contribution in [2.24, 2.45) is 5.92 Å². The summed E-state index contributed by atoms with van der Waals surface area (Å²) in [6.07, 6.45) is 5.31. The van der Waals surface area contributed by atoms with Crippen molar-refractivity contribution >= 4 is 33.5 Å². The Bertz CT molecular complexity index is 681. The lowest BCUT2D eigenvalue weighted by Gasteiger charge is -2.30. The first-order valence-corrected chi connectivity index (χ1v) is 8.55. The average molecular weight is 375 g/mol. The summed E-state index contributed by atoms with van der Waals surface area (Å²) in [5.74, 6) is 1.19. The molecule has 1 saturated heterocycles. The number of para-hydroxylation sites is 1. The van der Waals surface area contributed by atoms with Gasteiger partial charge in [0.25, 0.3) is 5.91 Å². The Morgan fingerprint density at radius 2 is 1.87 bits per heavy atom. The molecule has 0 bridgehead atoms. The molecule has 120 valence electrons. The minimum absolute atomic E-state index is 0.0179. The van der Waals surface area contributed by atoms with E-state index in [4.69, 9.17) is 0 Å². The van der Waals surface area contributed by atoms with Gasteiger partial charge in [0.2, 0.25) is 5.95 Å². The number of likely N-dealkylation sites (tertiary alicyclic amines) is 1. The van der Waals surface area contributed by atoms with Gasteiger partial charge in [0.15, 0.2) is 0 Å². The van der Waals surface area contributed by atoms with Gasteiger partial charge in [0, 0.05) is 30.0 Å². The lowest BCUT2D eigenvalue weighted by molar-refractivity contribution is 0.0696. The molecule has 0 radical (unpaired) electrons. The van der Waals surface area contributed by atoms with Crippen molar-refractivity contribution in [1.29, 1.82) is 0 Å². The summed E-state index contributed by atoms with van der Waals surface area (Å²) in [6, 6.07) is 7.75. The molecule has 2 aromatic rings. The lowest BCUT2D eigenvalue weighted by atomic mass is 9.99. The maximum Gasteiger partial charge on any atom is 0.256 e. The Kier molecular flexibility index (Phi) is 4.91. The second kappa shape index (κ2) is 7.08. The Morgan fingerprint density at radius 3 is 2.52 bits per heavy atom. The van der Waals surface area contributed by atoms with Gasteiger partial charge in [-0.3, -0.25) is 4.79 Å². The molecule has 1 aromatic heterocycles. The third-order valence-corrected chi connectivity index (χ3v) is 4.78. The molecule has 0 saturated carbocycles. The smallest absolute Gasteiger partial charge is 0.256 e. The molecule has 0 spiro atoms. The second-order valence-electron chi connectivity index (χ2n) is 5.87. The first-order chi connectivity index (χ1) is 11.1. The number of halogens is 1. The molecule has 0 aliphatic carbocycles. The van der Waals surface area contributed by atoms with Crippen molar-refractivity contribution in [3.05, 3.63) is 46.7 Å². The van der Waals surface area contributed by atoms with Crippen LogP contribution in [0.2, 0.25) is 0 Å². The van der Waals surface area contributed by atoms with Gasteiger partial charge in [-0.1, -0.05) is 19.1 Å². The summed E-state index contributed by atoms with van der Waals surface area (Å²) in [5, 5.41) is 3.13. The van der Waals surface area contributed by atoms with Gasteiger partial charge in [-0.05, 0) is 46.8 Å². The van der Waals surface area contributed by atoms with E-state index in [1.807, 2.05) is 29.2 Å². The van der Waals surface area contributed by atoms with E-state index in [1.165, 1.54) is 0 Å². The number of hydrogen-bond acceptors (Lipinski definition) is 4. The number of nitrogens with one attached hydrogen (secondary N) is 1. The highest BCUT2D eigenvalue weighted by Crippen LogP contribution is 2.23. The maximum absolute atomic E-state index is 12.4. The molecule has 3 rings (SSSR count). The van der Waals surface area contributed by atoms with Gasteiger partial charge in [-0.15, -0.1) is 0 Å². The molecule has 1 aromatic carbocycles. The van der Waals surface area contributed by atoms with Gasteiger partial charge in [0.1, 0.15) is 0 Å². The summed E-state index contributed by atoms with van der Waals surface area (Å²) < 4.78 is 0.936. The number of piperidine rings is 1. The maximum atomic E-state index is 12.4. The molecule has 1 aliphatic rings. The lowest BCUT2D eigenvalue weighted by Crippen LogP contribution is -2.38. The molecule has 0 unspecified atom stereocenters. The average Bonchev–Trinajstić information content (AvgIpc) is 2.58. The van der Waals surface area contributed by atoms with Crippen LogP contribution in [0.4, 0.5) is 11.6 Å². The predicted molar refractivity (Wildman–Crippen MR) is 93.8 cm³/mol. The van der Waals surface area contributed by atoms with Gasteiger partial charge >= 0.3 is 0 Å². The highest BCUT2D eigenvalue weighted by molar-refractivity contribution is 9.10. The first kappa shape index (κ1) is 15.9. The molecule has 1 aliphatic heterocycles. The van der Waals surface area contributed by atoms with E-state index in [0.29, 0.717) is 17.4 Å². The van der Waals surface area contributed by atoms with Crippen LogP contribution in [0, 0.1) is 5.92 Å². The van der Waals surface area contributed by atoms with E-state index in [2.05, 4.69) is 38.1 Å². The fourth-order valence-corrected chi connectivity index (χ4v) is 2.96. The first-order valence-electron chi connectivity index (χ1n) is 7.76. The zero-order valence-electron chi connectivity index (χ0n) is 13.0. The van der Waals surface area contributed by atoms with Crippen LogP contribution in [0.25, 0.3) is 0 Å². The predicted octanol–water partition coefficient (Wildman–Crippen LogP) is 3.85. The number of benzene rings is 1. The van der Waals surface area contributed by atoms with Crippen molar-refractivity contribution in [2.45, 2.75) is 19.8 Å². The molecule has 1 amide bonds. The van der Waals surface area contributed by atoms with Crippen molar-refractivity contribution in [1.82, 2.24) is 14.9 Å². The van der Waals surface area contributed by atoms with E-state index in [9.17, 15) is 4.79 Å². The molecule has 1 N–H and O–H groups in total. The van der Waals surface area contributed by atoms with Gasteiger partial charge in [0.05, 0.1) is 11.3 Å². The zero-order chi connectivity index (χ0) is 16.2. The van der Waals surface area contributed by atoms with E-state index < -0.39 is 0 Å². The number of nitrogens with zero attached hydrogens (tertiary/aromatic N) is 3. The molecule has 5 nitrogen and oxygen atoms in total. The number of anilines is 2. The van der Waals surface area contributed by atoms with Crippen LogP contribution in [0.3, 0.4) is 0 Å². The number of carbonyl (C=O) groups excluding carboxylic acids is 1. The molecule has 6 heteroatoms. The number of amides is 1. The highest BCUT2D eigenvalue weighted by atomic mass is 79.9. The summed E-state index contributed by atoms with van der Waals surface area (Å²) in [4.78, 5) is 22.8.